The highest BCUT2D eigenvalue weighted by Gasteiger charge is 2.37. The Labute approximate surface area is 157 Å². The van der Waals surface area contributed by atoms with Gasteiger partial charge in [0.2, 0.25) is 0 Å². The van der Waals surface area contributed by atoms with Gasteiger partial charge in [0.05, 0.1) is 5.56 Å². The van der Waals surface area contributed by atoms with Gasteiger partial charge in [-0.1, -0.05) is 39.8 Å². The maximum atomic E-state index is 14.1. The molecule has 0 heterocycles. The molecular formula is C22H25F5. The summed E-state index contributed by atoms with van der Waals surface area (Å²) in [5.41, 5.74) is 0.126. The first-order chi connectivity index (χ1) is 12.5. The molecule has 0 radical (unpaired) electrons. The van der Waals surface area contributed by atoms with Crippen LogP contribution in [0.2, 0.25) is 0 Å². The van der Waals surface area contributed by atoms with Crippen molar-refractivity contribution < 1.29 is 22.0 Å². The van der Waals surface area contributed by atoms with Crippen LogP contribution in [0.4, 0.5) is 22.0 Å². The second-order valence-electron chi connectivity index (χ2n) is 7.72. The average Bonchev–Trinajstić information content (AvgIpc) is 2.52. The Morgan fingerprint density at radius 2 is 1.30 bits per heavy atom. The van der Waals surface area contributed by atoms with Crippen LogP contribution in [0.3, 0.4) is 0 Å². The Balaban J connectivity index is 2.38. The Kier molecular flexibility index (Phi) is 6.66. The molecule has 0 aliphatic rings. The average molecular weight is 384 g/mol. The summed E-state index contributed by atoms with van der Waals surface area (Å²) in [4.78, 5) is 0. The van der Waals surface area contributed by atoms with Crippen molar-refractivity contribution in [3.8, 4) is 0 Å². The lowest BCUT2D eigenvalue weighted by Gasteiger charge is -2.24. The third-order valence-corrected chi connectivity index (χ3v) is 4.97. The second-order valence-corrected chi connectivity index (χ2v) is 7.72. The number of hydrogen-bond acceptors (Lipinski definition) is 0. The first-order valence-corrected chi connectivity index (χ1v) is 9.13. The molecule has 0 aromatic heterocycles. The molecule has 148 valence electrons. The topological polar surface area (TPSA) is 0 Å². The first-order valence-electron chi connectivity index (χ1n) is 9.13. The molecule has 27 heavy (non-hydrogen) atoms. The van der Waals surface area contributed by atoms with Crippen LogP contribution in [-0.4, -0.2) is 0 Å². The fourth-order valence-corrected chi connectivity index (χ4v) is 3.47. The monoisotopic (exact) mass is 384 g/mol. The Bertz CT molecular complexity index is 760. The van der Waals surface area contributed by atoms with E-state index >= 15 is 0 Å². The summed E-state index contributed by atoms with van der Waals surface area (Å²) < 4.78 is 68.4. The zero-order valence-electron chi connectivity index (χ0n) is 16.0. The van der Waals surface area contributed by atoms with Gasteiger partial charge in [0.15, 0.2) is 0 Å². The molecule has 5 heteroatoms. The number of rotatable bonds is 6. The van der Waals surface area contributed by atoms with Crippen LogP contribution in [0.25, 0.3) is 0 Å². The van der Waals surface area contributed by atoms with Crippen molar-refractivity contribution in [2.45, 2.75) is 52.6 Å². The van der Waals surface area contributed by atoms with Crippen molar-refractivity contribution in [1.82, 2.24) is 0 Å². The fraction of sp³-hybridized carbons (Fsp3) is 0.455. The molecule has 2 aromatic carbocycles. The highest BCUT2D eigenvalue weighted by molar-refractivity contribution is 5.39. The minimum Gasteiger partial charge on any atom is -0.207 e. The van der Waals surface area contributed by atoms with Gasteiger partial charge < -0.3 is 0 Å². The SMILES string of the molecule is CC(C)Cc1cc(F)cc(CC(C)[C@H](C)c2ccc(F)cc2)c1C(F)(F)F. The molecule has 0 saturated carbocycles. The molecule has 0 amide bonds. The maximum absolute atomic E-state index is 14.1. The van der Waals surface area contributed by atoms with E-state index in [9.17, 15) is 22.0 Å². The minimum absolute atomic E-state index is 0.00846. The molecule has 2 atom stereocenters. The Morgan fingerprint density at radius 1 is 0.778 bits per heavy atom. The molecule has 0 N–H and O–H groups in total. The summed E-state index contributed by atoms with van der Waals surface area (Å²) in [5.74, 6) is -1.29. The quantitative estimate of drug-likeness (QED) is 0.463. The van der Waals surface area contributed by atoms with Crippen molar-refractivity contribution in [2.24, 2.45) is 11.8 Å². The second kappa shape index (κ2) is 8.41. The van der Waals surface area contributed by atoms with E-state index in [1.807, 2.05) is 27.7 Å². The van der Waals surface area contributed by atoms with Gasteiger partial charge in [0.1, 0.15) is 11.6 Å². The molecule has 0 aliphatic heterocycles. The minimum atomic E-state index is -4.54. The van der Waals surface area contributed by atoms with Crippen molar-refractivity contribution >= 4 is 0 Å². The zero-order chi connectivity index (χ0) is 20.4. The van der Waals surface area contributed by atoms with Gasteiger partial charge in [-0.2, -0.15) is 13.2 Å². The molecule has 0 nitrogen and oxygen atoms in total. The summed E-state index contributed by atoms with van der Waals surface area (Å²) in [6.07, 6.45) is -4.27. The molecule has 0 saturated heterocycles. The lowest BCUT2D eigenvalue weighted by atomic mass is 9.82. The maximum Gasteiger partial charge on any atom is 0.416 e. The number of alkyl halides is 3. The van der Waals surface area contributed by atoms with E-state index in [-0.39, 0.29) is 47.5 Å². The summed E-state index contributed by atoms with van der Waals surface area (Å²) in [6.45, 7) is 7.34. The molecule has 0 spiro atoms. The van der Waals surface area contributed by atoms with Crippen LogP contribution < -0.4 is 0 Å². The highest BCUT2D eigenvalue weighted by atomic mass is 19.4. The van der Waals surface area contributed by atoms with Gasteiger partial charge in [-0.3, -0.25) is 0 Å². The fourth-order valence-electron chi connectivity index (χ4n) is 3.47. The van der Waals surface area contributed by atoms with E-state index in [2.05, 4.69) is 0 Å². The summed E-state index contributed by atoms with van der Waals surface area (Å²) in [7, 11) is 0. The van der Waals surface area contributed by atoms with E-state index in [1.165, 1.54) is 12.1 Å². The van der Waals surface area contributed by atoms with Gasteiger partial charge in [-0.05, 0) is 71.6 Å². The van der Waals surface area contributed by atoms with E-state index in [4.69, 9.17) is 0 Å². The number of benzene rings is 2. The summed E-state index contributed by atoms with van der Waals surface area (Å²) in [6, 6.07) is 7.94. The normalized spacial score (nSPS) is 14.4. The molecular weight excluding hydrogens is 359 g/mol. The molecule has 2 aromatic rings. The molecule has 1 unspecified atom stereocenters. The van der Waals surface area contributed by atoms with Gasteiger partial charge >= 0.3 is 6.18 Å². The largest absolute Gasteiger partial charge is 0.416 e. The lowest BCUT2D eigenvalue weighted by Crippen LogP contribution is -2.18. The van der Waals surface area contributed by atoms with Crippen LogP contribution in [0.5, 0.6) is 0 Å². The Morgan fingerprint density at radius 3 is 1.78 bits per heavy atom. The predicted octanol–water partition coefficient (Wildman–Crippen LogP) is 7.16. The van der Waals surface area contributed by atoms with E-state index in [1.54, 1.807) is 12.1 Å². The lowest BCUT2D eigenvalue weighted by molar-refractivity contribution is -0.139. The van der Waals surface area contributed by atoms with E-state index in [0.29, 0.717) is 0 Å². The first kappa shape index (κ1) is 21.4. The van der Waals surface area contributed by atoms with Crippen molar-refractivity contribution in [3.63, 3.8) is 0 Å². The van der Waals surface area contributed by atoms with Crippen LogP contribution >= 0.6 is 0 Å². The summed E-state index contributed by atoms with van der Waals surface area (Å²) >= 11 is 0. The Hall–Kier alpha value is -1.91. The van der Waals surface area contributed by atoms with E-state index < -0.39 is 17.6 Å². The number of halogens is 5. The van der Waals surface area contributed by atoms with Crippen molar-refractivity contribution in [1.29, 1.82) is 0 Å². The van der Waals surface area contributed by atoms with E-state index in [0.717, 1.165) is 17.7 Å². The molecule has 0 aliphatic carbocycles. The van der Waals surface area contributed by atoms with Gasteiger partial charge in [-0.25, -0.2) is 8.78 Å². The summed E-state index contributed by atoms with van der Waals surface area (Å²) in [5, 5.41) is 0. The van der Waals surface area contributed by atoms with Crippen LogP contribution in [0, 0.1) is 23.5 Å². The smallest absolute Gasteiger partial charge is 0.207 e. The van der Waals surface area contributed by atoms with Crippen molar-refractivity contribution in [3.05, 3.63) is 70.3 Å². The van der Waals surface area contributed by atoms with Gasteiger partial charge in [0.25, 0.3) is 0 Å². The standard InChI is InChI=1S/C22H25F5/c1-13(2)9-17-11-20(24)12-18(21(17)22(25,26)27)10-14(3)15(4)16-5-7-19(23)8-6-16/h5-8,11-15H,9-10H2,1-4H3/t14?,15-/m0/s1. The zero-order valence-corrected chi connectivity index (χ0v) is 16.0. The molecule has 0 fully saturated rings. The predicted molar refractivity (Wildman–Crippen MR) is 97.6 cm³/mol. The third kappa shape index (κ3) is 5.53. The van der Waals surface area contributed by atoms with Crippen LogP contribution in [0.15, 0.2) is 36.4 Å². The van der Waals surface area contributed by atoms with Crippen LogP contribution in [-0.2, 0) is 19.0 Å². The number of hydrogen-bond donors (Lipinski definition) is 0. The molecule has 2 rings (SSSR count). The highest BCUT2D eigenvalue weighted by Crippen LogP contribution is 2.38. The third-order valence-electron chi connectivity index (χ3n) is 4.97. The van der Waals surface area contributed by atoms with Crippen molar-refractivity contribution in [2.75, 3.05) is 0 Å². The van der Waals surface area contributed by atoms with Crippen LogP contribution in [0.1, 0.15) is 55.9 Å². The van der Waals surface area contributed by atoms with Gasteiger partial charge in [-0.15, -0.1) is 0 Å². The molecule has 0 bridgehead atoms. The van der Waals surface area contributed by atoms with Gasteiger partial charge in [0, 0.05) is 0 Å².